The van der Waals surface area contributed by atoms with Crippen molar-refractivity contribution in [3.8, 4) is 17.3 Å². The van der Waals surface area contributed by atoms with Gasteiger partial charge in [0.2, 0.25) is 5.95 Å². The van der Waals surface area contributed by atoms with Crippen LogP contribution in [0.25, 0.3) is 11.3 Å². The number of hydrogen-bond acceptors (Lipinski definition) is 7. The van der Waals surface area contributed by atoms with E-state index in [1.807, 2.05) is 12.1 Å². The largest absolute Gasteiger partial charge is 0.416 e. The average molecular weight is 541 g/mol. The number of nitrogens with one attached hydrogen (secondary N) is 2. The fraction of sp³-hybridized carbons (Fsp3) is 0.452. The second-order valence-corrected chi connectivity index (χ2v) is 17.7. The zero-order valence-corrected chi connectivity index (χ0v) is 25.3. The molecule has 5 rings (SSSR count). The standard InChI is InChI=1S/C31H40N6OSi/c1-30(2,3)39(6,7)38-20-31(4)19-34-28-23(17-32)14-22(16-26(28)31)27-10-12-33-29(36-27)35-25-9-8-21-11-13-37(5)18-24(21)15-25/h8-10,12,14-16,34H,11,13,18-20H2,1-7H3,(H,33,35,36)/t31-/m1/s1. The van der Waals surface area contributed by atoms with Gasteiger partial charge in [0.1, 0.15) is 6.07 Å². The average Bonchev–Trinajstić information content (AvgIpc) is 3.23. The first-order valence-electron chi connectivity index (χ1n) is 13.8. The Kier molecular flexibility index (Phi) is 7.04. The van der Waals surface area contributed by atoms with Crippen LogP contribution < -0.4 is 10.6 Å². The summed E-state index contributed by atoms with van der Waals surface area (Å²) < 4.78 is 6.67. The molecule has 0 spiro atoms. The molecule has 2 aromatic carbocycles. The Morgan fingerprint density at radius 2 is 1.97 bits per heavy atom. The van der Waals surface area contributed by atoms with E-state index >= 15 is 0 Å². The maximum atomic E-state index is 10.0. The van der Waals surface area contributed by atoms with Crippen LogP contribution in [0.15, 0.2) is 42.6 Å². The zero-order chi connectivity index (χ0) is 28.0. The van der Waals surface area contributed by atoms with E-state index in [1.165, 1.54) is 11.1 Å². The summed E-state index contributed by atoms with van der Waals surface area (Å²) >= 11 is 0. The molecule has 3 aromatic rings. The molecule has 0 aliphatic carbocycles. The summed E-state index contributed by atoms with van der Waals surface area (Å²) in [7, 11) is 0.232. The van der Waals surface area contributed by atoms with Gasteiger partial charge in [-0.2, -0.15) is 5.26 Å². The van der Waals surface area contributed by atoms with E-state index in [0.717, 1.165) is 54.3 Å². The van der Waals surface area contributed by atoms with Crippen molar-refractivity contribution in [2.45, 2.75) is 64.2 Å². The minimum absolute atomic E-state index is 0.135. The highest BCUT2D eigenvalue weighted by Crippen LogP contribution is 2.44. The van der Waals surface area contributed by atoms with Gasteiger partial charge in [-0.25, -0.2) is 9.97 Å². The lowest BCUT2D eigenvalue weighted by molar-refractivity contribution is 0.220. The van der Waals surface area contributed by atoms with Crippen LogP contribution in [-0.2, 0) is 22.8 Å². The van der Waals surface area contributed by atoms with E-state index in [9.17, 15) is 5.26 Å². The first-order valence-corrected chi connectivity index (χ1v) is 16.7. The molecule has 8 heteroatoms. The summed E-state index contributed by atoms with van der Waals surface area (Å²) in [6, 6.07) is 14.9. The van der Waals surface area contributed by atoms with Crippen molar-refractivity contribution in [3.05, 3.63) is 64.8 Å². The quantitative estimate of drug-likeness (QED) is 0.347. The van der Waals surface area contributed by atoms with Gasteiger partial charge in [-0.1, -0.05) is 33.8 Å². The van der Waals surface area contributed by atoms with Crippen LogP contribution in [0.5, 0.6) is 0 Å². The number of anilines is 3. The lowest BCUT2D eigenvalue weighted by atomic mass is 9.83. The molecule has 2 N–H and O–H groups in total. The minimum Gasteiger partial charge on any atom is -0.416 e. The zero-order valence-electron chi connectivity index (χ0n) is 24.3. The molecular weight excluding hydrogens is 500 g/mol. The molecule has 0 bridgehead atoms. The predicted molar refractivity (Wildman–Crippen MR) is 161 cm³/mol. The van der Waals surface area contributed by atoms with Crippen LogP contribution in [-0.4, -0.2) is 49.9 Å². The van der Waals surface area contributed by atoms with Crippen LogP contribution in [0.4, 0.5) is 17.3 Å². The van der Waals surface area contributed by atoms with Gasteiger partial charge in [0, 0.05) is 49.1 Å². The number of hydrogen-bond donors (Lipinski definition) is 2. The molecule has 0 fully saturated rings. The highest BCUT2D eigenvalue weighted by atomic mass is 28.4. The normalized spacial score (nSPS) is 19.1. The van der Waals surface area contributed by atoms with Crippen molar-refractivity contribution < 1.29 is 4.43 Å². The topological polar surface area (TPSA) is 86.1 Å². The van der Waals surface area contributed by atoms with Gasteiger partial charge in [0.15, 0.2) is 8.32 Å². The second-order valence-electron chi connectivity index (χ2n) is 12.9. The SMILES string of the molecule is CN1CCc2ccc(Nc3nccc(-c4cc(C#N)c5c(c4)[C@@](C)(CO[Si](C)(C)C(C)(C)C)CN5)n3)cc2C1. The number of nitriles is 1. The summed E-state index contributed by atoms with van der Waals surface area (Å²) in [5.74, 6) is 0.540. The lowest BCUT2D eigenvalue weighted by Gasteiger charge is -2.39. The molecule has 204 valence electrons. The molecule has 1 aromatic heterocycles. The highest BCUT2D eigenvalue weighted by Gasteiger charge is 2.42. The van der Waals surface area contributed by atoms with Gasteiger partial charge in [-0.05, 0) is 78.6 Å². The summed E-state index contributed by atoms with van der Waals surface area (Å²) in [5, 5.41) is 17.0. The fourth-order valence-corrected chi connectivity index (χ4v) is 6.21. The molecule has 2 aliphatic rings. The smallest absolute Gasteiger partial charge is 0.227 e. The van der Waals surface area contributed by atoms with Gasteiger partial charge < -0.3 is 20.0 Å². The molecule has 2 aliphatic heterocycles. The van der Waals surface area contributed by atoms with E-state index < -0.39 is 8.32 Å². The van der Waals surface area contributed by atoms with Gasteiger partial charge in [0.25, 0.3) is 0 Å². The second kappa shape index (κ2) is 10.1. The molecule has 0 unspecified atom stereocenters. The van der Waals surface area contributed by atoms with E-state index in [0.29, 0.717) is 18.1 Å². The third kappa shape index (κ3) is 5.44. The number of benzene rings is 2. The maximum Gasteiger partial charge on any atom is 0.227 e. The summed E-state index contributed by atoms with van der Waals surface area (Å²) in [6.07, 6.45) is 2.85. The van der Waals surface area contributed by atoms with Crippen LogP contribution in [0.2, 0.25) is 18.1 Å². The van der Waals surface area contributed by atoms with Gasteiger partial charge in [0.05, 0.1) is 16.9 Å². The molecule has 39 heavy (non-hydrogen) atoms. The monoisotopic (exact) mass is 540 g/mol. The Bertz CT molecular complexity index is 1440. The molecule has 0 amide bonds. The molecular formula is C31H40N6OSi. The van der Waals surface area contributed by atoms with Crippen molar-refractivity contribution in [3.63, 3.8) is 0 Å². The van der Waals surface area contributed by atoms with Gasteiger partial charge >= 0.3 is 0 Å². The van der Waals surface area contributed by atoms with E-state index in [4.69, 9.17) is 9.41 Å². The van der Waals surface area contributed by atoms with Crippen LogP contribution >= 0.6 is 0 Å². The number of fused-ring (bicyclic) bond motifs is 2. The van der Waals surface area contributed by atoms with Crippen molar-refractivity contribution >= 4 is 25.6 Å². The van der Waals surface area contributed by atoms with Crippen molar-refractivity contribution in [1.29, 1.82) is 5.26 Å². The Labute approximate surface area is 233 Å². The molecule has 0 saturated carbocycles. The van der Waals surface area contributed by atoms with Crippen LogP contribution in [0, 0.1) is 11.3 Å². The van der Waals surface area contributed by atoms with Crippen molar-refractivity contribution in [2.24, 2.45) is 0 Å². The fourth-order valence-electron chi connectivity index (χ4n) is 5.09. The Morgan fingerprint density at radius 1 is 1.18 bits per heavy atom. The van der Waals surface area contributed by atoms with Gasteiger partial charge in [-0.15, -0.1) is 0 Å². The molecule has 7 nitrogen and oxygen atoms in total. The number of likely N-dealkylation sites (N-methyl/N-ethyl adjacent to an activating group) is 1. The van der Waals surface area contributed by atoms with Crippen LogP contribution in [0.3, 0.4) is 0 Å². The number of rotatable bonds is 6. The van der Waals surface area contributed by atoms with E-state index in [-0.39, 0.29) is 10.5 Å². The van der Waals surface area contributed by atoms with E-state index in [1.54, 1.807) is 6.20 Å². The predicted octanol–water partition coefficient (Wildman–Crippen LogP) is 6.45. The van der Waals surface area contributed by atoms with Gasteiger partial charge in [-0.3, -0.25) is 0 Å². The lowest BCUT2D eigenvalue weighted by Crippen LogP contribution is -2.45. The van der Waals surface area contributed by atoms with Crippen molar-refractivity contribution in [1.82, 2.24) is 14.9 Å². The Hall–Kier alpha value is -3.25. The third-order valence-corrected chi connectivity index (χ3v) is 13.2. The summed E-state index contributed by atoms with van der Waals surface area (Å²) in [6.45, 7) is 17.0. The first kappa shape index (κ1) is 27.3. The van der Waals surface area contributed by atoms with Crippen LogP contribution in [0.1, 0.15) is 49.9 Å². The number of aromatic nitrogens is 2. The summed E-state index contributed by atoms with van der Waals surface area (Å²) in [4.78, 5) is 11.7. The Morgan fingerprint density at radius 3 is 2.72 bits per heavy atom. The molecule has 0 saturated heterocycles. The highest BCUT2D eigenvalue weighted by molar-refractivity contribution is 6.74. The van der Waals surface area contributed by atoms with E-state index in [2.05, 4.69) is 98.7 Å². The minimum atomic E-state index is -1.92. The van der Waals surface area contributed by atoms with Crippen molar-refractivity contribution in [2.75, 3.05) is 37.4 Å². The number of nitrogens with zero attached hydrogens (tertiary/aromatic N) is 4. The summed E-state index contributed by atoms with van der Waals surface area (Å²) in [5.41, 5.74) is 7.83. The Balaban J connectivity index is 1.43. The molecule has 3 heterocycles. The maximum absolute atomic E-state index is 10.0. The molecule has 1 atom stereocenters. The first-order chi connectivity index (χ1) is 18.4. The molecule has 0 radical (unpaired) electrons. The third-order valence-electron chi connectivity index (χ3n) is 8.74.